The van der Waals surface area contributed by atoms with Crippen molar-refractivity contribution in [3.63, 3.8) is 0 Å². The highest BCUT2D eigenvalue weighted by Gasteiger charge is 2.20. The molecule has 2 aliphatic heterocycles. The minimum atomic E-state index is 0. The average molecular weight is 1070 g/mol. The van der Waals surface area contributed by atoms with Gasteiger partial charge in [0.1, 0.15) is 40.5 Å². The zero-order chi connectivity index (χ0) is 54.4. The molecule has 0 aliphatic carbocycles. The van der Waals surface area contributed by atoms with Crippen molar-refractivity contribution in [2.45, 2.75) is 60.5 Å². The Labute approximate surface area is 470 Å². The predicted octanol–water partition coefficient (Wildman–Crippen LogP) is 13.8. The number of piperazine rings is 2. The van der Waals surface area contributed by atoms with Crippen LogP contribution < -0.4 is 20.4 Å². The van der Waals surface area contributed by atoms with E-state index in [1.807, 2.05) is 62.1 Å². The van der Waals surface area contributed by atoms with Crippen LogP contribution in [0.2, 0.25) is 0 Å². The molecule has 0 radical (unpaired) electrons. The van der Waals surface area contributed by atoms with Gasteiger partial charge in [0.25, 0.3) is 0 Å². The van der Waals surface area contributed by atoms with Gasteiger partial charge >= 0.3 is 0 Å². The van der Waals surface area contributed by atoms with E-state index < -0.39 is 0 Å². The zero-order valence-electron chi connectivity index (χ0n) is 46.3. The summed E-state index contributed by atoms with van der Waals surface area (Å²) in [5.74, 6) is 5.20. The second kappa shape index (κ2) is 23.9. The van der Waals surface area contributed by atoms with E-state index in [1.54, 1.807) is 17.6 Å². The first-order valence-electron chi connectivity index (χ1n) is 27.7. The molecule has 406 valence electrons. The number of likely N-dealkylation sites (N-methyl/N-ethyl adjacent to an activating group) is 2. The molecule has 2 aliphatic rings. The number of fused-ring (bicyclic) bond motifs is 2. The quantitative estimate of drug-likeness (QED) is 0.107. The number of aromatic nitrogens is 7. The van der Waals surface area contributed by atoms with Crippen LogP contribution in [0, 0.1) is 20.8 Å². The highest BCUT2D eigenvalue weighted by molar-refractivity contribution is 7.16. The Morgan fingerprint density at radius 2 is 1.04 bits per heavy atom. The molecule has 10 aromatic rings. The van der Waals surface area contributed by atoms with Crippen molar-refractivity contribution in [2.24, 2.45) is 0 Å². The molecule has 15 heteroatoms. The molecule has 2 N–H and O–H groups in total. The summed E-state index contributed by atoms with van der Waals surface area (Å²) in [6.07, 6.45) is 5.79. The second-order valence-corrected chi connectivity index (χ2v) is 21.6. The van der Waals surface area contributed by atoms with E-state index in [-0.39, 0.29) is 14.9 Å². The molecule has 0 saturated carbocycles. The molecular formula is C64H73N13OS. The molecule has 0 bridgehead atoms. The van der Waals surface area contributed by atoms with Crippen molar-refractivity contribution in [3.8, 4) is 44.8 Å². The molecule has 79 heavy (non-hydrogen) atoms. The molecule has 12 rings (SSSR count). The van der Waals surface area contributed by atoms with E-state index in [1.165, 1.54) is 11.1 Å². The fourth-order valence-electron chi connectivity index (χ4n) is 10.6. The first-order chi connectivity index (χ1) is 38.5. The molecule has 8 heterocycles. The summed E-state index contributed by atoms with van der Waals surface area (Å²) in [6.45, 7) is 25.4. The number of nitrogens with zero attached hydrogens (tertiary/aromatic N) is 11. The normalized spacial score (nSPS) is 15.0. The largest absolute Gasteiger partial charge is 0.464 e. The van der Waals surface area contributed by atoms with Gasteiger partial charge in [-0.25, -0.2) is 34.9 Å². The van der Waals surface area contributed by atoms with Crippen LogP contribution in [0.4, 0.5) is 23.3 Å². The van der Waals surface area contributed by atoms with Crippen molar-refractivity contribution >= 4 is 55.8 Å². The monoisotopic (exact) mass is 1070 g/mol. The number of furan rings is 1. The van der Waals surface area contributed by atoms with Gasteiger partial charge in [0.05, 0.1) is 33.4 Å². The molecule has 0 spiro atoms. The maximum atomic E-state index is 5.62. The molecule has 0 amide bonds. The Morgan fingerprint density at radius 1 is 0.532 bits per heavy atom. The van der Waals surface area contributed by atoms with Crippen molar-refractivity contribution in [2.75, 3.05) is 85.9 Å². The minimum absolute atomic E-state index is 0. The minimum Gasteiger partial charge on any atom is -0.464 e. The summed E-state index contributed by atoms with van der Waals surface area (Å²) in [7, 11) is 0. The number of pyridine rings is 2. The second-order valence-electron chi connectivity index (χ2n) is 20.7. The van der Waals surface area contributed by atoms with E-state index in [9.17, 15) is 0 Å². The van der Waals surface area contributed by atoms with Crippen LogP contribution in [0.15, 0.2) is 150 Å². The van der Waals surface area contributed by atoms with E-state index >= 15 is 0 Å². The van der Waals surface area contributed by atoms with Gasteiger partial charge in [-0.2, -0.15) is 0 Å². The molecule has 2 atom stereocenters. The maximum Gasteiger partial charge on any atom is 0.134 e. The lowest BCUT2D eigenvalue weighted by Gasteiger charge is -2.34. The lowest BCUT2D eigenvalue weighted by molar-refractivity contribution is 0.270. The number of anilines is 4. The molecular weight excluding hydrogens is 999 g/mol. The third kappa shape index (κ3) is 12.4. The Balaban J connectivity index is 0.000000191. The fourth-order valence-corrected chi connectivity index (χ4v) is 11.3. The van der Waals surface area contributed by atoms with Crippen LogP contribution in [0.1, 0.15) is 71.0 Å². The predicted molar refractivity (Wildman–Crippen MR) is 328 cm³/mol. The Bertz CT molecular complexity index is 3690. The van der Waals surface area contributed by atoms with Gasteiger partial charge in [0.15, 0.2) is 0 Å². The van der Waals surface area contributed by atoms with Crippen molar-refractivity contribution in [1.29, 1.82) is 0 Å². The molecule has 14 nitrogen and oxygen atoms in total. The van der Waals surface area contributed by atoms with Crippen LogP contribution in [0.5, 0.6) is 0 Å². The van der Waals surface area contributed by atoms with E-state index in [0.717, 1.165) is 172 Å². The summed E-state index contributed by atoms with van der Waals surface area (Å²) in [6, 6.07) is 42.6. The van der Waals surface area contributed by atoms with Crippen LogP contribution in [-0.2, 0) is 0 Å². The lowest BCUT2D eigenvalue weighted by Crippen LogP contribution is -2.46. The number of rotatable bonds is 14. The number of aryl methyl sites for hydroxylation is 3. The third-order valence-corrected chi connectivity index (χ3v) is 16.1. The number of hydrogen-bond donors (Lipinski definition) is 2. The Hall–Kier alpha value is -8.11. The van der Waals surface area contributed by atoms with Gasteiger partial charge in [-0.05, 0) is 142 Å². The van der Waals surface area contributed by atoms with Gasteiger partial charge in [-0.15, -0.1) is 11.3 Å². The van der Waals surface area contributed by atoms with Crippen LogP contribution in [0.25, 0.3) is 66.0 Å². The number of benzene rings is 4. The Morgan fingerprint density at radius 3 is 1.54 bits per heavy atom. The summed E-state index contributed by atoms with van der Waals surface area (Å²) in [5, 5.41) is 8.30. The highest BCUT2D eigenvalue weighted by atomic mass is 32.1. The first-order valence-corrected chi connectivity index (χ1v) is 28.5. The molecule has 6 aromatic heterocycles. The number of thiazole rings is 1. The topological polar surface area (TPSA) is 140 Å². The van der Waals surface area contributed by atoms with Crippen LogP contribution >= 0.6 is 11.3 Å². The van der Waals surface area contributed by atoms with E-state index in [0.29, 0.717) is 0 Å². The Kier molecular flexibility index (Phi) is 16.0. The summed E-state index contributed by atoms with van der Waals surface area (Å²) >= 11 is 1.64. The van der Waals surface area contributed by atoms with Gasteiger partial charge in [-0.1, -0.05) is 56.3 Å². The zero-order valence-corrected chi connectivity index (χ0v) is 47.1. The van der Waals surface area contributed by atoms with E-state index in [4.69, 9.17) is 24.4 Å². The summed E-state index contributed by atoms with van der Waals surface area (Å²) in [4.78, 5) is 42.5. The maximum absolute atomic E-state index is 5.62. The molecule has 0 unspecified atom stereocenters. The van der Waals surface area contributed by atoms with Gasteiger partial charge in [-0.3, -0.25) is 0 Å². The number of hydrogen-bond acceptors (Lipinski definition) is 15. The highest BCUT2D eigenvalue weighted by Crippen LogP contribution is 2.32. The van der Waals surface area contributed by atoms with Crippen molar-refractivity contribution < 1.29 is 7.27 Å². The van der Waals surface area contributed by atoms with Crippen LogP contribution in [0.3, 0.4) is 0 Å². The molecule has 2 saturated heterocycles. The SMILES string of the molecule is CCN1CCN(c2ccc(-c3cccc([C@H](C)Nc4cc(-c5ccc6ncsc6c5)nc(C)n4)c3)cn2)CC1.CCN1CCN(c2ccc(-c3cccc([C@H](C)Nc4cc(-c5ccc6occ(C)c6c5)nc(C)n4)c3)cn2)CC1.[HH].[HH]. The molecule has 4 aromatic carbocycles. The van der Waals surface area contributed by atoms with Gasteiger partial charge in [0, 0.05) is 119 Å². The standard InChI is InChI=1S/C33H36N6O.C31H33N7S.2H2/c1-5-38-13-15-39(16-14-38)33-12-10-28(20-34-33)26-8-6-7-25(17-26)23(3)35-32-19-30(36-24(4)37-32)27-9-11-31-29(18-27)22(2)21-40-31;1-4-37-12-14-38(15-13-37)31-11-9-26(19-32-31)24-7-5-6-23(16-24)21(2)34-30-18-28(35-22(3)36-30)25-8-10-27-29(17-25)39-20-33-27;;/h6-12,17-21,23H,5,13-16H2,1-4H3,(H,35,36,37);5-11,16-21H,4,12-15H2,1-3H3,(H,34,35,36);2*1H/t23-;21-;;/m00../s1. The van der Waals surface area contributed by atoms with Gasteiger partial charge < -0.3 is 34.7 Å². The summed E-state index contributed by atoms with van der Waals surface area (Å²) < 4.78 is 6.78. The third-order valence-electron chi connectivity index (χ3n) is 15.3. The molecule has 2 fully saturated rings. The van der Waals surface area contributed by atoms with Gasteiger partial charge in [0.2, 0.25) is 0 Å². The lowest BCUT2D eigenvalue weighted by atomic mass is 10.0. The fraction of sp³-hybridized carbons (Fsp3) is 0.297. The first kappa shape index (κ1) is 52.9. The smallest absolute Gasteiger partial charge is 0.134 e. The van der Waals surface area contributed by atoms with Crippen LogP contribution in [-0.4, -0.2) is 110 Å². The van der Waals surface area contributed by atoms with Crippen molar-refractivity contribution in [3.05, 3.63) is 174 Å². The summed E-state index contributed by atoms with van der Waals surface area (Å²) in [5.41, 5.74) is 15.7. The van der Waals surface area contributed by atoms with Crippen molar-refractivity contribution in [1.82, 2.24) is 44.7 Å². The number of nitrogens with one attached hydrogen (secondary N) is 2. The van der Waals surface area contributed by atoms with E-state index in [2.05, 4.69) is 171 Å². The average Bonchev–Trinajstić information content (AvgIpc) is 4.13.